The zero-order valence-electron chi connectivity index (χ0n) is 9.61. The molecule has 0 unspecified atom stereocenters. The number of benzene rings is 1. The molecule has 0 atom stereocenters. The first-order valence-electron chi connectivity index (χ1n) is 5.45. The van der Waals surface area contributed by atoms with Gasteiger partial charge in [0.1, 0.15) is 11.2 Å². The molecule has 0 aliphatic carbocycles. The number of carboxylic acid groups (broad SMARTS) is 1. The number of hydrogen-bond acceptors (Lipinski definition) is 5. The molecule has 0 amide bonds. The van der Waals surface area contributed by atoms with E-state index in [1.807, 2.05) is 24.3 Å². The average Bonchev–Trinajstić information content (AvgIpc) is 2.81. The van der Waals surface area contributed by atoms with Gasteiger partial charge in [-0.1, -0.05) is 12.1 Å². The highest BCUT2D eigenvalue weighted by Crippen LogP contribution is 2.29. The fraction of sp³-hybridized carbons (Fsp3) is 0. The van der Waals surface area contributed by atoms with Crippen molar-refractivity contribution < 1.29 is 14.3 Å². The zero-order chi connectivity index (χ0) is 13.2. The molecule has 0 radical (unpaired) electrons. The van der Waals surface area contributed by atoms with Gasteiger partial charge in [0.25, 0.3) is 5.22 Å². The summed E-state index contributed by atoms with van der Waals surface area (Å²) in [7, 11) is 0. The van der Waals surface area contributed by atoms with E-state index in [9.17, 15) is 4.79 Å². The molecule has 0 saturated heterocycles. The molecule has 94 valence electrons. The third-order valence-electron chi connectivity index (χ3n) is 2.43. The van der Waals surface area contributed by atoms with Crippen LogP contribution in [0.15, 0.2) is 57.1 Å². The van der Waals surface area contributed by atoms with E-state index in [0.29, 0.717) is 5.22 Å². The number of carbonyl (C=O) groups is 1. The second-order valence-corrected chi connectivity index (χ2v) is 4.76. The van der Waals surface area contributed by atoms with E-state index in [1.165, 1.54) is 24.0 Å². The van der Waals surface area contributed by atoms with Crippen LogP contribution in [-0.2, 0) is 0 Å². The number of nitrogens with zero attached hydrogens (tertiary/aromatic N) is 2. The first kappa shape index (κ1) is 11.7. The molecular weight excluding hydrogens is 264 g/mol. The number of aromatic nitrogens is 2. The van der Waals surface area contributed by atoms with Crippen LogP contribution in [0.2, 0.25) is 0 Å². The van der Waals surface area contributed by atoms with Crippen LogP contribution < -0.4 is 0 Å². The van der Waals surface area contributed by atoms with Crippen LogP contribution in [0.25, 0.3) is 11.1 Å². The number of rotatable bonds is 3. The Balaban J connectivity index is 1.86. The molecule has 0 fully saturated rings. The van der Waals surface area contributed by atoms with Crippen LogP contribution in [0, 0.1) is 0 Å². The Morgan fingerprint density at radius 2 is 2.05 bits per heavy atom. The average molecular weight is 272 g/mol. The first-order chi connectivity index (χ1) is 9.22. The van der Waals surface area contributed by atoms with Gasteiger partial charge >= 0.3 is 5.97 Å². The molecule has 5 nitrogen and oxygen atoms in total. The highest BCUT2D eigenvalue weighted by Gasteiger charge is 2.08. The van der Waals surface area contributed by atoms with Gasteiger partial charge in [-0.25, -0.2) is 14.8 Å². The van der Waals surface area contributed by atoms with E-state index in [2.05, 4.69) is 9.97 Å². The smallest absolute Gasteiger partial charge is 0.354 e. The lowest BCUT2D eigenvalue weighted by Gasteiger charge is -1.97. The van der Waals surface area contributed by atoms with E-state index in [1.54, 1.807) is 6.07 Å². The molecule has 0 spiro atoms. The first-order valence-corrected chi connectivity index (χ1v) is 6.27. The van der Waals surface area contributed by atoms with Gasteiger partial charge < -0.3 is 9.52 Å². The summed E-state index contributed by atoms with van der Waals surface area (Å²) in [5.41, 5.74) is 1.53. The standard InChI is InChI=1S/C13H8N2O3S/c16-12(17)10-6-5-8(7-14-10)19-13-15-9-3-1-2-4-11(9)18-13/h1-7H,(H,16,17). The van der Waals surface area contributed by atoms with Gasteiger partial charge in [-0.05, 0) is 36.0 Å². The molecule has 0 aliphatic heterocycles. The van der Waals surface area contributed by atoms with E-state index in [0.717, 1.165) is 16.0 Å². The van der Waals surface area contributed by atoms with Gasteiger partial charge in [-0.2, -0.15) is 0 Å². The van der Waals surface area contributed by atoms with E-state index in [4.69, 9.17) is 9.52 Å². The van der Waals surface area contributed by atoms with Crippen LogP contribution in [-0.4, -0.2) is 21.0 Å². The normalized spacial score (nSPS) is 10.7. The van der Waals surface area contributed by atoms with E-state index < -0.39 is 5.97 Å². The molecule has 2 aromatic heterocycles. The van der Waals surface area contributed by atoms with Crippen molar-refractivity contribution >= 4 is 28.8 Å². The van der Waals surface area contributed by atoms with E-state index >= 15 is 0 Å². The topological polar surface area (TPSA) is 76.2 Å². The minimum Gasteiger partial charge on any atom is -0.477 e. The summed E-state index contributed by atoms with van der Waals surface area (Å²) in [6.45, 7) is 0. The zero-order valence-corrected chi connectivity index (χ0v) is 10.4. The molecule has 6 heteroatoms. The Morgan fingerprint density at radius 3 is 2.74 bits per heavy atom. The molecular formula is C13H8N2O3S. The van der Waals surface area contributed by atoms with Crippen molar-refractivity contribution in [1.82, 2.24) is 9.97 Å². The molecule has 0 saturated carbocycles. The van der Waals surface area contributed by atoms with Crippen molar-refractivity contribution in [2.75, 3.05) is 0 Å². The summed E-state index contributed by atoms with van der Waals surface area (Å²) in [5, 5.41) is 9.27. The monoisotopic (exact) mass is 272 g/mol. The second-order valence-electron chi connectivity index (χ2n) is 3.73. The molecule has 19 heavy (non-hydrogen) atoms. The van der Waals surface area contributed by atoms with Crippen LogP contribution in [0.1, 0.15) is 10.5 Å². The highest BCUT2D eigenvalue weighted by atomic mass is 32.2. The van der Waals surface area contributed by atoms with Crippen molar-refractivity contribution in [3.63, 3.8) is 0 Å². The van der Waals surface area contributed by atoms with Gasteiger partial charge in [0, 0.05) is 11.1 Å². The van der Waals surface area contributed by atoms with Gasteiger partial charge in [0.15, 0.2) is 5.58 Å². The van der Waals surface area contributed by atoms with Crippen LogP contribution >= 0.6 is 11.8 Å². The SMILES string of the molecule is O=C(O)c1ccc(Sc2nc3ccccc3o2)cn1. The summed E-state index contributed by atoms with van der Waals surface area (Å²) < 4.78 is 5.56. The summed E-state index contributed by atoms with van der Waals surface area (Å²) in [6, 6.07) is 10.6. The lowest BCUT2D eigenvalue weighted by molar-refractivity contribution is 0.0690. The van der Waals surface area contributed by atoms with Gasteiger partial charge in [0.2, 0.25) is 0 Å². The van der Waals surface area contributed by atoms with E-state index in [-0.39, 0.29) is 5.69 Å². The number of aromatic carboxylic acids is 1. The van der Waals surface area contributed by atoms with Gasteiger partial charge in [-0.3, -0.25) is 0 Å². The largest absolute Gasteiger partial charge is 0.477 e. The summed E-state index contributed by atoms with van der Waals surface area (Å²) >= 11 is 1.30. The Morgan fingerprint density at radius 1 is 1.21 bits per heavy atom. The quantitative estimate of drug-likeness (QED) is 0.789. The maximum absolute atomic E-state index is 10.7. The molecule has 3 rings (SSSR count). The van der Waals surface area contributed by atoms with Crippen molar-refractivity contribution in [3.8, 4) is 0 Å². The van der Waals surface area contributed by atoms with Crippen molar-refractivity contribution in [1.29, 1.82) is 0 Å². The Labute approximate surface area is 112 Å². The minimum atomic E-state index is -1.04. The Hall–Kier alpha value is -2.34. The molecule has 3 aromatic rings. The van der Waals surface area contributed by atoms with Gasteiger partial charge in [-0.15, -0.1) is 0 Å². The fourth-order valence-electron chi connectivity index (χ4n) is 1.56. The summed E-state index contributed by atoms with van der Waals surface area (Å²) in [6.07, 6.45) is 1.49. The van der Waals surface area contributed by atoms with Crippen molar-refractivity contribution in [2.45, 2.75) is 10.1 Å². The Kier molecular flexibility index (Phi) is 2.92. The molecule has 1 N–H and O–H groups in total. The van der Waals surface area contributed by atoms with Crippen LogP contribution in [0.5, 0.6) is 0 Å². The number of pyridine rings is 1. The number of para-hydroxylation sites is 2. The third-order valence-corrected chi connectivity index (χ3v) is 3.26. The fourth-order valence-corrected chi connectivity index (χ4v) is 2.28. The number of hydrogen-bond donors (Lipinski definition) is 1. The number of carboxylic acids is 1. The molecule has 0 aliphatic rings. The summed E-state index contributed by atoms with van der Waals surface area (Å²) in [4.78, 5) is 19.6. The van der Waals surface area contributed by atoms with Crippen LogP contribution in [0.4, 0.5) is 0 Å². The molecule has 2 heterocycles. The number of oxazole rings is 1. The Bertz CT molecular complexity index is 704. The lowest BCUT2D eigenvalue weighted by atomic mass is 10.3. The van der Waals surface area contributed by atoms with Crippen molar-refractivity contribution in [3.05, 3.63) is 48.3 Å². The predicted octanol–water partition coefficient (Wildman–Crippen LogP) is 3.07. The van der Waals surface area contributed by atoms with Crippen molar-refractivity contribution in [2.24, 2.45) is 0 Å². The molecule has 1 aromatic carbocycles. The maximum atomic E-state index is 10.7. The maximum Gasteiger partial charge on any atom is 0.354 e. The van der Waals surface area contributed by atoms with Gasteiger partial charge in [0.05, 0.1) is 0 Å². The summed E-state index contributed by atoms with van der Waals surface area (Å²) in [5.74, 6) is -1.04. The number of fused-ring (bicyclic) bond motifs is 1. The minimum absolute atomic E-state index is 0.0157. The lowest BCUT2D eigenvalue weighted by Crippen LogP contribution is -1.98. The predicted molar refractivity (Wildman–Crippen MR) is 69.3 cm³/mol. The third kappa shape index (κ3) is 2.43. The molecule has 0 bridgehead atoms. The second kappa shape index (κ2) is 4.74. The van der Waals surface area contributed by atoms with Crippen LogP contribution in [0.3, 0.4) is 0 Å². The highest BCUT2D eigenvalue weighted by molar-refractivity contribution is 7.99.